The highest BCUT2D eigenvalue weighted by molar-refractivity contribution is 6.00. The maximum Gasteiger partial charge on any atom is 0.323 e. The molecule has 0 atom stereocenters. The zero-order valence-corrected chi connectivity index (χ0v) is 11.9. The number of ether oxygens (including phenoxy) is 2. The van der Waals surface area contributed by atoms with Crippen molar-refractivity contribution in [1.82, 2.24) is 0 Å². The van der Waals surface area contributed by atoms with Gasteiger partial charge in [0.25, 0.3) is 0 Å². The number of hydrogen-bond acceptors (Lipinski definition) is 3. The zero-order valence-electron chi connectivity index (χ0n) is 11.9. The largest absolute Gasteiger partial charge is 0.497 e. The van der Waals surface area contributed by atoms with Crippen molar-refractivity contribution in [2.45, 2.75) is 0 Å². The Bertz CT molecular complexity index is 670. The van der Waals surface area contributed by atoms with Gasteiger partial charge >= 0.3 is 6.03 Å². The fraction of sp³-hybridized carbons (Fsp3) is 0.133. The van der Waals surface area contributed by atoms with Gasteiger partial charge in [-0.05, 0) is 12.1 Å². The van der Waals surface area contributed by atoms with Crippen molar-refractivity contribution in [3.8, 4) is 11.5 Å². The van der Waals surface area contributed by atoms with Crippen molar-refractivity contribution in [3.63, 3.8) is 0 Å². The summed E-state index contributed by atoms with van der Waals surface area (Å²) in [6, 6.07) is 6.98. The van der Waals surface area contributed by atoms with Crippen molar-refractivity contribution in [1.29, 1.82) is 0 Å². The van der Waals surface area contributed by atoms with E-state index >= 15 is 0 Å². The molecule has 2 amide bonds. The van der Waals surface area contributed by atoms with E-state index in [0.717, 1.165) is 12.1 Å². The summed E-state index contributed by atoms with van der Waals surface area (Å²) < 4.78 is 36.4. The fourth-order valence-corrected chi connectivity index (χ4v) is 1.76. The van der Waals surface area contributed by atoms with Gasteiger partial charge in [-0.1, -0.05) is 0 Å². The van der Waals surface area contributed by atoms with Crippen LogP contribution in [-0.2, 0) is 0 Å². The highest BCUT2D eigenvalue weighted by Crippen LogP contribution is 2.26. The number of carbonyl (C=O) groups excluding carboxylic acids is 1. The van der Waals surface area contributed by atoms with Gasteiger partial charge in [-0.3, -0.25) is 0 Å². The molecular formula is C15H14F2N2O3. The molecule has 0 radical (unpaired) electrons. The van der Waals surface area contributed by atoms with Crippen LogP contribution in [0.3, 0.4) is 0 Å². The Morgan fingerprint density at radius 2 is 1.59 bits per heavy atom. The molecule has 0 aliphatic carbocycles. The lowest BCUT2D eigenvalue weighted by molar-refractivity contribution is 0.262. The van der Waals surface area contributed by atoms with E-state index in [1.165, 1.54) is 14.2 Å². The molecule has 2 N–H and O–H groups in total. The Balaban J connectivity index is 2.11. The van der Waals surface area contributed by atoms with Crippen LogP contribution in [0.4, 0.5) is 25.0 Å². The van der Waals surface area contributed by atoms with E-state index in [2.05, 4.69) is 10.6 Å². The number of hydrogen-bond donors (Lipinski definition) is 2. The van der Waals surface area contributed by atoms with Gasteiger partial charge in [0, 0.05) is 30.0 Å². The topological polar surface area (TPSA) is 59.6 Å². The predicted octanol–water partition coefficient (Wildman–Crippen LogP) is 3.63. The molecule has 0 spiro atoms. The molecule has 116 valence electrons. The summed E-state index contributed by atoms with van der Waals surface area (Å²) in [4.78, 5) is 11.9. The third kappa shape index (κ3) is 3.85. The third-order valence-corrected chi connectivity index (χ3v) is 2.79. The monoisotopic (exact) mass is 308 g/mol. The molecule has 0 bridgehead atoms. The van der Waals surface area contributed by atoms with E-state index in [-0.39, 0.29) is 5.69 Å². The maximum absolute atomic E-state index is 13.5. The first-order valence-electron chi connectivity index (χ1n) is 6.28. The van der Waals surface area contributed by atoms with Crippen molar-refractivity contribution >= 4 is 17.4 Å². The average Bonchev–Trinajstić information content (AvgIpc) is 2.49. The number of carbonyl (C=O) groups is 1. The summed E-state index contributed by atoms with van der Waals surface area (Å²) in [5.41, 5.74) is 0.269. The summed E-state index contributed by atoms with van der Waals surface area (Å²) in [6.07, 6.45) is 0. The van der Waals surface area contributed by atoms with E-state index in [4.69, 9.17) is 9.47 Å². The van der Waals surface area contributed by atoms with Crippen molar-refractivity contribution < 1.29 is 23.0 Å². The zero-order chi connectivity index (χ0) is 16.1. The molecule has 2 aromatic carbocycles. The van der Waals surface area contributed by atoms with E-state index in [0.29, 0.717) is 23.3 Å². The van der Waals surface area contributed by atoms with Gasteiger partial charge in [0.1, 0.15) is 23.1 Å². The molecule has 0 aromatic heterocycles. The number of methoxy groups -OCH3 is 2. The molecule has 22 heavy (non-hydrogen) atoms. The van der Waals surface area contributed by atoms with E-state index in [1.807, 2.05) is 0 Å². The second-order valence-corrected chi connectivity index (χ2v) is 4.30. The van der Waals surface area contributed by atoms with Gasteiger partial charge in [-0.15, -0.1) is 0 Å². The fourth-order valence-electron chi connectivity index (χ4n) is 1.76. The maximum atomic E-state index is 13.5. The number of anilines is 2. The van der Waals surface area contributed by atoms with E-state index < -0.39 is 17.7 Å². The third-order valence-electron chi connectivity index (χ3n) is 2.79. The lowest BCUT2D eigenvalue weighted by atomic mass is 10.2. The SMILES string of the molecule is COc1cc(NC(=O)Nc2ccc(F)cc2F)cc(OC)c1. The van der Waals surface area contributed by atoms with Gasteiger partial charge in [-0.25, -0.2) is 13.6 Å². The molecule has 0 fully saturated rings. The number of nitrogens with one attached hydrogen (secondary N) is 2. The highest BCUT2D eigenvalue weighted by atomic mass is 19.1. The standard InChI is InChI=1S/C15H14F2N2O3/c1-21-11-6-10(7-12(8-11)22-2)18-15(20)19-14-4-3-9(16)5-13(14)17/h3-8H,1-2H3,(H2,18,19,20). The van der Waals surface area contributed by atoms with Gasteiger partial charge in [0.15, 0.2) is 0 Å². The molecule has 0 aliphatic rings. The van der Waals surface area contributed by atoms with Crippen molar-refractivity contribution in [3.05, 3.63) is 48.0 Å². The Morgan fingerprint density at radius 1 is 0.955 bits per heavy atom. The van der Waals surface area contributed by atoms with Crippen LogP contribution in [0.5, 0.6) is 11.5 Å². The second-order valence-electron chi connectivity index (χ2n) is 4.30. The van der Waals surface area contributed by atoms with Crippen LogP contribution in [0.2, 0.25) is 0 Å². The smallest absolute Gasteiger partial charge is 0.323 e. The Morgan fingerprint density at radius 3 is 2.14 bits per heavy atom. The minimum absolute atomic E-state index is 0.131. The van der Waals surface area contributed by atoms with Crippen LogP contribution >= 0.6 is 0 Å². The van der Waals surface area contributed by atoms with Gasteiger partial charge in [0.05, 0.1) is 19.9 Å². The van der Waals surface area contributed by atoms with E-state index in [1.54, 1.807) is 18.2 Å². The lowest BCUT2D eigenvalue weighted by Gasteiger charge is -2.11. The first-order valence-corrected chi connectivity index (χ1v) is 6.28. The molecule has 2 rings (SSSR count). The molecular weight excluding hydrogens is 294 g/mol. The van der Waals surface area contributed by atoms with Crippen molar-refractivity contribution in [2.24, 2.45) is 0 Å². The molecule has 0 saturated carbocycles. The number of halogens is 2. The van der Waals surface area contributed by atoms with Gasteiger partial charge in [0.2, 0.25) is 0 Å². The first kappa shape index (κ1) is 15.6. The minimum Gasteiger partial charge on any atom is -0.497 e. The Kier molecular flexibility index (Phi) is 4.77. The number of urea groups is 1. The van der Waals surface area contributed by atoms with Crippen molar-refractivity contribution in [2.75, 3.05) is 24.9 Å². The van der Waals surface area contributed by atoms with Gasteiger partial charge in [-0.2, -0.15) is 0 Å². The number of rotatable bonds is 4. The Labute approximate surface area is 125 Å². The average molecular weight is 308 g/mol. The molecule has 2 aromatic rings. The Hall–Kier alpha value is -2.83. The summed E-state index contributed by atoms with van der Waals surface area (Å²) in [5.74, 6) is -0.607. The summed E-state index contributed by atoms with van der Waals surface area (Å²) in [6.45, 7) is 0. The summed E-state index contributed by atoms with van der Waals surface area (Å²) in [5, 5.41) is 4.80. The molecule has 7 heteroatoms. The molecule has 0 unspecified atom stereocenters. The van der Waals surface area contributed by atoms with Crippen LogP contribution in [0.25, 0.3) is 0 Å². The second kappa shape index (κ2) is 6.75. The van der Waals surface area contributed by atoms with Gasteiger partial charge < -0.3 is 20.1 Å². The normalized spacial score (nSPS) is 10.0. The van der Waals surface area contributed by atoms with E-state index in [9.17, 15) is 13.6 Å². The first-order chi connectivity index (χ1) is 10.5. The molecule has 0 heterocycles. The predicted molar refractivity (Wildman–Crippen MR) is 78.5 cm³/mol. The number of benzene rings is 2. The molecule has 0 aliphatic heterocycles. The highest BCUT2D eigenvalue weighted by Gasteiger charge is 2.09. The lowest BCUT2D eigenvalue weighted by Crippen LogP contribution is -2.20. The van der Waals surface area contributed by atoms with Crippen LogP contribution < -0.4 is 20.1 Å². The minimum atomic E-state index is -0.863. The van der Waals surface area contributed by atoms with Crippen LogP contribution in [0, 0.1) is 11.6 Å². The number of amides is 2. The van der Waals surface area contributed by atoms with Crippen LogP contribution in [0.1, 0.15) is 0 Å². The quantitative estimate of drug-likeness (QED) is 0.907. The summed E-state index contributed by atoms with van der Waals surface area (Å²) >= 11 is 0. The molecule has 0 saturated heterocycles. The van der Waals surface area contributed by atoms with Crippen LogP contribution in [0.15, 0.2) is 36.4 Å². The molecule has 5 nitrogen and oxygen atoms in total. The summed E-state index contributed by atoms with van der Waals surface area (Å²) in [7, 11) is 2.96. The van der Waals surface area contributed by atoms with Crippen LogP contribution in [-0.4, -0.2) is 20.3 Å².